The Hall–Kier alpha value is -2.12. The molecule has 0 N–H and O–H groups in total. The number of rotatable bonds is 3. The Kier molecular flexibility index (Phi) is 4.71. The highest BCUT2D eigenvalue weighted by Gasteiger charge is 2.50. The molecule has 5 nitrogen and oxygen atoms in total. The topological polar surface area (TPSA) is 53.5 Å². The van der Waals surface area contributed by atoms with E-state index in [2.05, 4.69) is 4.98 Å². The number of piperidine rings is 1. The minimum Gasteiger partial charge on any atom is -0.341 e. The van der Waals surface area contributed by atoms with Crippen LogP contribution in [0.2, 0.25) is 0 Å². The van der Waals surface area contributed by atoms with Gasteiger partial charge in [-0.3, -0.25) is 14.6 Å². The van der Waals surface area contributed by atoms with Crippen LogP contribution in [0.5, 0.6) is 0 Å². The molecule has 136 valence electrons. The molecular weight excluding hydrogens is 335 g/mol. The van der Waals surface area contributed by atoms with Gasteiger partial charge in [0, 0.05) is 38.6 Å². The van der Waals surface area contributed by atoms with Crippen LogP contribution in [0.15, 0.2) is 24.5 Å². The summed E-state index contributed by atoms with van der Waals surface area (Å²) in [6.07, 6.45) is -0.795. The van der Waals surface area contributed by atoms with Crippen LogP contribution in [0, 0.1) is 5.41 Å². The lowest BCUT2D eigenvalue weighted by molar-refractivity contribution is -0.161. The Bertz CT molecular complexity index is 650. The second-order valence-electron chi connectivity index (χ2n) is 6.83. The van der Waals surface area contributed by atoms with Crippen molar-refractivity contribution < 1.29 is 22.8 Å². The van der Waals surface area contributed by atoms with E-state index >= 15 is 0 Å². The second-order valence-corrected chi connectivity index (χ2v) is 6.83. The van der Waals surface area contributed by atoms with Gasteiger partial charge in [-0.25, -0.2) is 0 Å². The smallest absolute Gasteiger partial charge is 0.341 e. The zero-order valence-corrected chi connectivity index (χ0v) is 13.8. The molecule has 3 rings (SSSR count). The van der Waals surface area contributed by atoms with Crippen molar-refractivity contribution in [3.05, 3.63) is 30.1 Å². The van der Waals surface area contributed by atoms with Gasteiger partial charge in [0.2, 0.25) is 11.8 Å². The number of pyridine rings is 1. The first kappa shape index (κ1) is 17.7. The van der Waals surface area contributed by atoms with Crippen molar-refractivity contribution in [1.82, 2.24) is 14.8 Å². The van der Waals surface area contributed by atoms with Gasteiger partial charge in [-0.15, -0.1) is 0 Å². The van der Waals surface area contributed by atoms with E-state index in [9.17, 15) is 22.8 Å². The van der Waals surface area contributed by atoms with Gasteiger partial charge in [-0.2, -0.15) is 13.2 Å². The first-order valence-electron chi connectivity index (χ1n) is 8.32. The number of halogens is 3. The van der Waals surface area contributed by atoms with E-state index < -0.39 is 23.9 Å². The van der Waals surface area contributed by atoms with Gasteiger partial charge in [0.1, 0.15) is 6.42 Å². The third kappa shape index (κ3) is 3.93. The van der Waals surface area contributed by atoms with Crippen LogP contribution in [0.25, 0.3) is 0 Å². The molecule has 2 fully saturated rings. The van der Waals surface area contributed by atoms with Gasteiger partial charge in [-0.05, 0) is 30.9 Å². The highest BCUT2D eigenvalue weighted by molar-refractivity contribution is 5.86. The van der Waals surface area contributed by atoms with Crippen LogP contribution < -0.4 is 0 Å². The third-order valence-electron chi connectivity index (χ3n) is 4.98. The summed E-state index contributed by atoms with van der Waals surface area (Å²) in [7, 11) is 0. The lowest BCUT2D eigenvalue weighted by Gasteiger charge is -2.39. The second kappa shape index (κ2) is 6.65. The standard InChI is InChI=1S/C17H20F3N3O2/c18-17(19,20)9-14(24)23-8-5-16(12-23)4-2-7-22(15(16)25)11-13-3-1-6-21-10-13/h1,3,6,10H,2,4-5,7-9,11-12H2/t16-/m1/s1. The van der Waals surface area contributed by atoms with Crippen LogP contribution >= 0.6 is 0 Å². The van der Waals surface area contributed by atoms with E-state index in [0.717, 1.165) is 12.0 Å². The molecule has 0 aliphatic carbocycles. The molecule has 1 atom stereocenters. The van der Waals surface area contributed by atoms with E-state index in [1.807, 2.05) is 6.07 Å². The highest BCUT2D eigenvalue weighted by Crippen LogP contribution is 2.41. The minimum absolute atomic E-state index is 0.0649. The number of nitrogens with zero attached hydrogens (tertiary/aromatic N) is 3. The number of alkyl halides is 3. The number of hydrogen-bond donors (Lipinski definition) is 0. The molecule has 2 saturated heterocycles. The zero-order valence-electron chi connectivity index (χ0n) is 13.8. The lowest BCUT2D eigenvalue weighted by Crippen LogP contribution is -2.50. The molecule has 0 unspecified atom stereocenters. The van der Waals surface area contributed by atoms with Gasteiger partial charge in [0.25, 0.3) is 0 Å². The molecule has 1 spiro atoms. The first-order valence-corrected chi connectivity index (χ1v) is 8.32. The van der Waals surface area contributed by atoms with Crippen LogP contribution in [0.1, 0.15) is 31.2 Å². The number of carbonyl (C=O) groups is 2. The van der Waals surface area contributed by atoms with Crippen molar-refractivity contribution >= 4 is 11.8 Å². The van der Waals surface area contributed by atoms with Gasteiger partial charge in [-0.1, -0.05) is 6.07 Å². The lowest BCUT2D eigenvalue weighted by atomic mass is 9.78. The normalized spacial score (nSPS) is 24.2. The van der Waals surface area contributed by atoms with Crippen LogP contribution in [-0.4, -0.2) is 52.4 Å². The summed E-state index contributed by atoms with van der Waals surface area (Å²) in [5.74, 6) is -1.01. The quantitative estimate of drug-likeness (QED) is 0.837. The van der Waals surface area contributed by atoms with E-state index in [-0.39, 0.29) is 19.0 Å². The number of hydrogen-bond acceptors (Lipinski definition) is 3. The summed E-state index contributed by atoms with van der Waals surface area (Å²) in [5.41, 5.74) is 0.178. The van der Waals surface area contributed by atoms with Crippen LogP contribution in [0.4, 0.5) is 13.2 Å². The van der Waals surface area contributed by atoms with E-state index in [1.165, 1.54) is 4.90 Å². The Morgan fingerprint density at radius 2 is 2.08 bits per heavy atom. The van der Waals surface area contributed by atoms with Gasteiger partial charge in [0.15, 0.2) is 0 Å². The predicted octanol–water partition coefficient (Wildman–Crippen LogP) is 2.38. The minimum atomic E-state index is -4.52. The molecule has 2 aliphatic heterocycles. The molecule has 0 radical (unpaired) electrons. The van der Waals surface area contributed by atoms with Gasteiger partial charge in [0.05, 0.1) is 5.41 Å². The van der Waals surface area contributed by atoms with Crippen molar-refractivity contribution in [2.24, 2.45) is 5.41 Å². The van der Waals surface area contributed by atoms with E-state index in [1.54, 1.807) is 23.4 Å². The Morgan fingerprint density at radius 1 is 1.28 bits per heavy atom. The molecule has 1 aromatic heterocycles. The molecule has 2 aliphatic rings. The van der Waals surface area contributed by atoms with Crippen molar-refractivity contribution in [3.8, 4) is 0 Å². The Balaban J connectivity index is 1.67. The zero-order chi connectivity index (χ0) is 18.1. The molecule has 3 heterocycles. The summed E-state index contributed by atoms with van der Waals surface area (Å²) < 4.78 is 37.3. The molecule has 8 heteroatoms. The number of amides is 2. The largest absolute Gasteiger partial charge is 0.397 e. The van der Waals surface area contributed by atoms with Crippen molar-refractivity contribution in [2.75, 3.05) is 19.6 Å². The third-order valence-corrected chi connectivity index (χ3v) is 4.98. The molecule has 1 aromatic rings. The summed E-state index contributed by atoms with van der Waals surface area (Å²) in [6, 6.07) is 3.68. The average Bonchev–Trinajstić information content (AvgIpc) is 2.97. The van der Waals surface area contributed by atoms with Crippen molar-refractivity contribution in [2.45, 2.75) is 38.4 Å². The van der Waals surface area contributed by atoms with E-state index in [0.29, 0.717) is 25.9 Å². The maximum atomic E-state index is 13.0. The Morgan fingerprint density at radius 3 is 2.76 bits per heavy atom. The summed E-state index contributed by atoms with van der Waals surface area (Å²) in [5, 5.41) is 0. The summed E-state index contributed by atoms with van der Waals surface area (Å²) in [6.45, 7) is 1.35. The fourth-order valence-electron chi connectivity index (χ4n) is 3.76. The van der Waals surface area contributed by atoms with Crippen LogP contribution in [0.3, 0.4) is 0 Å². The molecule has 2 amide bonds. The number of carbonyl (C=O) groups excluding carboxylic acids is 2. The van der Waals surface area contributed by atoms with Crippen LogP contribution in [-0.2, 0) is 16.1 Å². The number of likely N-dealkylation sites (tertiary alicyclic amines) is 2. The fourth-order valence-corrected chi connectivity index (χ4v) is 3.76. The molecule has 0 aromatic carbocycles. The van der Waals surface area contributed by atoms with Crippen molar-refractivity contribution in [1.29, 1.82) is 0 Å². The van der Waals surface area contributed by atoms with Gasteiger partial charge >= 0.3 is 6.18 Å². The first-order chi connectivity index (χ1) is 11.8. The molecule has 0 saturated carbocycles. The Labute approximate surface area is 143 Å². The maximum absolute atomic E-state index is 13.0. The van der Waals surface area contributed by atoms with Crippen molar-refractivity contribution in [3.63, 3.8) is 0 Å². The highest BCUT2D eigenvalue weighted by atomic mass is 19.4. The predicted molar refractivity (Wildman–Crippen MR) is 83.2 cm³/mol. The maximum Gasteiger partial charge on any atom is 0.397 e. The summed E-state index contributed by atoms with van der Waals surface area (Å²) >= 11 is 0. The monoisotopic (exact) mass is 355 g/mol. The number of aromatic nitrogens is 1. The SMILES string of the molecule is O=C(CC(F)(F)F)N1CC[C@]2(CCCN(Cc3cccnc3)C2=O)C1. The van der Waals surface area contributed by atoms with Gasteiger partial charge < -0.3 is 9.80 Å². The van der Waals surface area contributed by atoms with E-state index in [4.69, 9.17) is 0 Å². The average molecular weight is 355 g/mol. The molecule has 0 bridgehead atoms. The molecular formula is C17H20F3N3O2. The molecule has 25 heavy (non-hydrogen) atoms. The summed E-state index contributed by atoms with van der Waals surface area (Å²) in [4.78, 5) is 31.8. The fraction of sp³-hybridized carbons (Fsp3) is 0.588.